The van der Waals surface area contributed by atoms with E-state index >= 15 is 0 Å². The average Bonchev–Trinajstić information content (AvgIpc) is 3.13. The highest BCUT2D eigenvalue weighted by atomic mass is 16.7. The van der Waals surface area contributed by atoms with E-state index in [1.807, 2.05) is 42.5 Å². The van der Waals surface area contributed by atoms with Gasteiger partial charge in [0.05, 0.1) is 34.7 Å². The summed E-state index contributed by atoms with van der Waals surface area (Å²) in [5.41, 5.74) is -0.760. The van der Waals surface area contributed by atoms with Crippen LogP contribution in [0.3, 0.4) is 0 Å². The summed E-state index contributed by atoms with van der Waals surface area (Å²) in [6, 6.07) is 13.3. The highest BCUT2D eigenvalue weighted by molar-refractivity contribution is 5.79. The molecule has 0 spiro atoms. The van der Waals surface area contributed by atoms with Crippen LogP contribution in [0.25, 0.3) is 11.1 Å². The lowest BCUT2D eigenvalue weighted by atomic mass is 9.93. The van der Waals surface area contributed by atoms with Crippen molar-refractivity contribution >= 4 is 29.8 Å². The molecule has 334 valence electrons. The fourth-order valence-electron chi connectivity index (χ4n) is 5.95. The smallest absolute Gasteiger partial charge is 0.311 e. The van der Waals surface area contributed by atoms with Gasteiger partial charge < -0.3 is 33.2 Å². The van der Waals surface area contributed by atoms with Gasteiger partial charge in [-0.3, -0.25) is 24.0 Å². The second-order valence-corrected chi connectivity index (χ2v) is 19.7. The first-order chi connectivity index (χ1) is 27.8. The Kier molecular flexibility index (Phi) is 17.4. The number of rotatable bonds is 16. The van der Waals surface area contributed by atoms with Crippen molar-refractivity contribution in [2.75, 3.05) is 13.2 Å². The maximum absolute atomic E-state index is 13.8. The molecule has 2 aromatic rings. The second-order valence-electron chi connectivity index (χ2n) is 19.7. The third-order valence-corrected chi connectivity index (χ3v) is 9.65. The van der Waals surface area contributed by atoms with Crippen molar-refractivity contribution in [1.82, 2.24) is 0 Å². The molecule has 0 amide bonds. The molecule has 12 nitrogen and oxygen atoms in total. The summed E-state index contributed by atoms with van der Waals surface area (Å²) in [5.74, 6) is -2.55. The van der Waals surface area contributed by atoms with Crippen LogP contribution < -0.4 is 4.74 Å². The number of aryl methyl sites for hydroxylation is 1. The maximum atomic E-state index is 13.8. The lowest BCUT2D eigenvalue weighted by Gasteiger charge is -2.45. The average molecular weight is 839 g/mol. The Hall–Kier alpha value is -4.45. The molecule has 0 aromatic heterocycles. The van der Waals surface area contributed by atoms with Crippen LogP contribution in [0.4, 0.5) is 0 Å². The van der Waals surface area contributed by atoms with E-state index in [4.69, 9.17) is 33.2 Å². The van der Waals surface area contributed by atoms with E-state index in [-0.39, 0.29) is 19.0 Å². The van der Waals surface area contributed by atoms with Crippen LogP contribution in [-0.2, 0) is 65.2 Å². The zero-order valence-electron chi connectivity index (χ0n) is 38.5. The number of hydrogen-bond donors (Lipinski definition) is 0. The Morgan fingerprint density at radius 1 is 0.600 bits per heavy atom. The Morgan fingerprint density at radius 3 is 1.72 bits per heavy atom. The Bertz CT molecular complexity index is 1790. The molecule has 0 radical (unpaired) electrons. The van der Waals surface area contributed by atoms with E-state index in [1.54, 1.807) is 90.0 Å². The standard InChI is InChI=1S/C48H70O12/c1-15-17-18-19-21-30-24-25-34(33(27-30)32-23-20-22-31(26-32)28-36(49)54-16-2)56-40-39(60-44(53)48(12,13)14)38(59-43(52)47(9,10)11)37(58-42(51)46(6,7)8)35(57-40)29-55-41(50)45(3,4)5/h20,22-27,35,37-40H,15-19,21,28-29H2,1-14H3/t35-,37-,38+,39+,40+/m1/s1. The summed E-state index contributed by atoms with van der Waals surface area (Å²) >= 11 is 0. The van der Waals surface area contributed by atoms with E-state index in [9.17, 15) is 24.0 Å². The van der Waals surface area contributed by atoms with Gasteiger partial charge in [-0.2, -0.15) is 0 Å². The van der Waals surface area contributed by atoms with Gasteiger partial charge in [0.2, 0.25) is 12.4 Å². The van der Waals surface area contributed by atoms with Crippen LogP contribution in [0.2, 0.25) is 0 Å². The number of carbonyl (C=O) groups excluding carboxylic acids is 5. The molecule has 1 saturated heterocycles. The number of ether oxygens (including phenoxy) is 7. The van der Waals surface area contributed by atoms with E-state index in [1.165, 1.54) is 0 Å². The molecule has 12 heteroatoms. The van der Waals surface area contributed by atoms with Crippen molar-refractivity contribution in [2.24, 2.45) is 21.7 Å². The number of hydrogen-bond acceptors (Lipinski definition) is 12. The normalized spacial score (nSPS) is 19.8. The minimum absolute atomic E-state index is 0.0651. The lowest BCUT2D eigenvalue weighted by molar-refractivity contribution is -0.293. The zero-order chi connectivity index (χ0) is 45.2. The van der Waals surface area contributed by atoms with Gasteiger partial charge in [0.15, 0.2) is 12.2 Å². The van der Waals surface area contributed by atoms with Gasteiger partial charge in [-0.05, 0) is 132 Å². The highest BCUT2D eigenvalue weighted by Gasteiger charge is 2.56. The van der Waals surface area contributed by atoms with Gasteiger partial charge in [-0.1, -0.05) is 56.5 Å². The molecule has 0 unspecified atom stereocenters. The van der Waals surface area contributed by atoms with E-state index in [2.05, 4.69) is 6.92 Å². The zero-order valence-corrected chi connectivity index (χ0v) is 38.5. The molecular weight excluding hydrogens is 769 g/mol. The maximum Gasteiger partial charge on any atom is 0.311 e. The predicted molar refractivity (Wildman–Crippen MR) is 228 cm³/mol. The SMILES string of the molecule is CCCCCCc1ccc(O[C@H]2O[C@H](COC(=O)C(C)(C)C)[C@@H](OC(=O)C(C)(C)C)[C@H](OC(=O)C(C)(C)C)[C@@H]2OC(=O)C(C)(C)C)c(-c2cccc(CC(=O)OCC)c2)c1. The summed E-state index contributed by atoms with van der Waals surface area (Å²) in [6.07, 6.45) is -1.92. The summed E-state index contributed by atoms with van der Waals surface area (Å²) < 4.78 is 42.9. The van der Waals surface area contributed by atoms with Gasteiger partial charge in [0.25, 0.3) is 0 Å². The quantitative estimate of drug-likeness (QED) is 0.0901. The first kappa shape index (κ1) is 49.9. The first-order valence-electron chi connectivity index (χ1n) is 21.3. The Morgan fingerprint density at radius 2 is 1.17 bits per heavy atom. The van der Waals surface area contributed by atoms with Crippen molar-refractivity contribution < 1.29 is 57.1 Å². The van der Waals surface area contributed by atoms with Crippen molar-refractivity contribution in [1.29, 1.82) is 0 Å². The fourth-order valence-corrected chi connectivity index (χ4v) is 5.95. The molecule has 1 aliphatic rings. The molecule has 5 atom stereocenters. The van der Waals surface area contributed by atoms with Crippen molar-refractivity contribution in [3.63, 3.8) is 0 Å². The van der Waals surface area contributed by atoms with Crippen LogP contribution in [0.15, 0.2) is 42.5 Å². The Labute approximate surface area is 357 Å². The molecule has 0 N–H and O–H groups in total. The molecule has 1 fully saturated rings. The van der Waals surface area contributed by atoms with E-state index in [0.29, 0.717) is 11.3 Å². The van der Waals surface area contributed by atoms with E-state index < -0.39 is 82.8 Å². The summed E-state index contributed by atoms with van der Waals surface area (Å²) in [4.78, 5) is 66.9. The van der Waals surface area contributed by atoms with Gasteiger partial charge in [-0.25, -0.2) is 0 Å². The molecule has 3 rings (SSSR count). The van der Waals surface area contributed by atoms with Gasteiger partial charge in [0.1, 0.15) is 18.5 Å². The molecule has 60 heavy (non-hydrogen) atoms. The van der Waals surface area contributed by atoms with Crippen LogP contribution in [0.5, 0.6) is 5.75 Å². The summed E-state index contributed by atoms with van der Waals surface area (Å²) in [5, 5.41) is 0. The molecule has 0 bridgehead atoms. The predicted octanol–water partition coefficient (Wildman–Crippen LogP) is 9.15. The largest absolute Gasteiger partial charge is 0.466 e. The summed E-state index contributed by atoms with van der Waals surface area (Å²) in [6.45, 7) is 23.9. The molecular formula is C48H70O12. The van der Waals surface area contributed by atoms with E-state index in [0.717, 1.165) is 48.8 Å². The monoisotopic (exact) mass is 838 g/mol. The minimum Gasteiger partial charge on any atom is -0.466 e. The number of esters is 5. The van der Waals surface area contributed by atoms with Gasteiger partial charge >= 0.3 is 29.8 Å². The molecule has 0 saturated carbocycles. The van der Waals surface area contributed by atoms with Gasteiger partial charge in [-0.15, -0.1) is 0 Å². The first-order valence-corrected chi connectivity index (χ1v) is 21.3. The molecule has 0 aliphatic carbocycles. The third kappa shape index (κ3) is 14.6. The second kappa shape index (κ2) is 20.9. The molecule has 2 aromatic carbocycles. The number of unbranched alkanes of at least 4 members (excludes halogenated alkanes) is 3. The van der Waals surface area contributed by atoms with Crippen LogP contribution in [0, 0.1) is 21.7 Å². The van der Waals surface area contributed by atoms with Crippen LogP contribution in [0.1, 0.15) is 134 Å². The van der Waals surface area contributed by atoms with Gasteiger partial charge in [0, 0.05) is 5.56 Å². The minimum atomic E-state index is -1.48. The third-order valence-electron chi connectivity index (χ3n) is 9.65. The lowest BCUT2D eigenvalue weighted by Crippen LogP contribution is -2.64. The molecule has 1 heterocycles. The van der Waals surface area contributed by atoms with Crippen molar-refractivity contribution in [2.45, 2.75) is 166 Å². The fraction of sp³-hybridized carbons (Fsp3) is 0.646. The Balaban J connectivity index is 2.29. The number of carbonyl (C=O) groups is 5. The van der Waals surface area contributed by atoms with Crippen LogP contribution >= 0.6 is 0 Å². The summed E-state index contributed by atoms with van der Waals surface area (Å²) in [7, 11) is 0. The molecule has 1 aliphatic heterocycles. The van der Waals surface area contributed by atoms with Crippen molar-refractivity contribution in [3.05, 3.63) is 53.6 Å². The topological polar surface area (TPSA) is 150 Å². The van der Waals surface area contributed by atoms with Crippen molar-refractivity contribution in [3.8, 4) is 16.9 Å². The van der Waals surface area contributed by atoms with Crippen LogP contribution in [-0.4, -0.2) is 73.8 Å². The number of benzene rings is 2. The highest BCUT2D eigenvalue weighted by Crippen LogP contribution is 2.39.